The zero-order chi connectivity index (χ0) is 9.84. The summed E-state index contributed by atoms with van der Waals surface area (Å²) in [4.78, 5) is 0. The lowest BCUT2D eigenvalue weighted by Crippen LogP contribution is -2.23. The Labute approximate surface area is 80.9 Å². The maximum absolute atomic E-state index is 12.6. The lowest BCUT2D eigenvalue weighted by molar-refractivity contribution is 0.569. The van der Waals surface area contributed by atoms with Crippen LogP contribution < -0.4 is 5.32 Å². The van der Waals surface area contributed by atoms with Crippen molar-refractivity contribution in [3.05, 3.63) is 35.6 Å². The number of benzene rings is 1. The normalized spacial score (nSPS) is 15.4. The first-order chi connectivity index (χ1) is 6.09. The van der Waals surface area contributed by atoms with Crippen molar-refractivity contribution in [2.75, 3.05) is 0 Å². The maximum Gasteiger partial charge on any atom is 0.123 e. The zero-order valence-corrected chi connectivity index (χ0v) is 9.07. The molecule has 13 heavy (non-hydrogen) atoms. The SMILES string of the molecule is CC(N[C@@H](C)P)c1ccc(F)cc1. The van der Waals surface area contributed by atoms with Gasteiger partial charge in [-0.05, 0) is 31.5 Å². The maximum atomic E-state index is 12.6. The Morgan fingerprint density at radius 3 is 2.23 bits per heavy atom. The van der Waals surface area contributed by atoms with E-state index in [1.165, 1.54) is 12.1 Å². The van der Waals surface area contributed by atoms with Crippen molar-refractivity contribution in [3.8, 4) is 0 Å². The highest BCUT2D eigenvalue weighted by atomic mass is 31.0. The van der Waals surface area contributed by atoms with Crippen molar-refractivity contribution >= 4 is 9.24 Å². The molecule has 1 N–H and O–H groups in total. The minimum absolute atomic E-state index is 0.185. The molecule has 0 fully saturated rings. The molecule has 0 saturated carbocycles. The van der Waals surface area contributed by atoms with Gasteiger partial charge < -0.3 is 5.32 Å². The molecule has 1 nitrogen and oxygen atoms in total. The van der Waals surface area contributed by atoms with E-state index in [1.54, 1.807) is 12.1 Å². The molecule has 3 heteroatoms. The van der Waals surface area contributed by atoms with Crippen molar-refractivity contribution in [1.82, 2.24) is 5.32 Å². The summed E-state index contributed by atoms with van der Waals surface area (Å²) in [7, 11) is 2.68. The van der Waals surface area contributed by atoms with E-state index < -0.39 is 0 Å². The minimum atomic E-state index is -0.185. The Balaban J connectivity index is 2.66. The molecule has 0 aliphatic rings. The Kier molecular flexibility index (Phi) is 3.83. The number of rotatable bonds is 3. The summed E-state index contributed by atoms with van der Waals surface area (Å²) in [6.07, 6.45) is 0. The largest absolute Gasteiger partial charge is 0.304 e. The molecule has 0 saturated heterocycles. The molecule has 0 bridgehead atoms. The van der Waals surface area contributed by atoms with Crippen LogP contribution in [0.3, 0.4) is 0 Å². The smallest absolute Gasteiger partial charge is 0.123 e. The number of hydrogen-bond acceptors (Lipinski definition) is 1. The predicted octanol–water partition coefficient (Wildman–Crippen LogP) is 2.70. The van der Waals surface area contributed by atoms with Gasteiger partial charge in [-0.2, -0.15) is 0 Å². The fourth-order valence-corrected chi connectivity index (χ4v) is 1.53. The highest BCUT2D eigenvalue weighted by Gasteiger charge is 2.05. The Bertz CT molecular complexity index is 258. The third kappa shape index (κ3) is 3.41. The molecular weight excluding hydrogens is 184 g/mol. The van der Waals surface area contributed by atoms with Crippen LogP contribution >= 0.6 is 9.24 Å². The summed E-state index contributed by atoms with van der Waals surface area (Å²) in [6.45, 7) is 4.12. The molecule has 0 radical (unpaired) electrons. The molecule has 2 unspecified atom stereocenters. The molecule has 0 aliphatic carbocycles. The highest BCUT2D eigenvalue weighted by Crippen LogP contribution is 2.14. The zero-order valence-electron chi connectivity index (χ0n) is 7.92. The van der Waals surface area contributed by atoms with Crippen molar-refractivity contribution < 1.29 is 4.39 Å². The van der Waals surface area contributed by atoms with E-state index in [-0.39, 0.29) is 11.9 Å². The molecule has 1 rings (SSSR count). The Morgan fingerprint density at radius 2 is 1.77 bits per heavy atom. The second-order valence-corrected chi connectivity index (χ2v) is 4.23. The van der Waals surface area contributed by atoms with Gasteiger partial charge in [-0.15, -0.1) is 9.24 Å². The van der Waals surface area contributed by atoms with Gasteiger partial charge in [0, 0.05) is 11.8 Å². The summed E-state index contributed by atoms with van der Waals surface area (Å²) >= 11 is 0. The van der Waals surface area contributed by atoms with Crippen molar-refractivity contribution in [1.29, 1.82) is 0 Å². The van der Waals surface area contributed by atoms with E-state index >= 15 is 0 Å². The molecule has 0 aromatic heterocycles. The summed E-state index contributed by atoms with van der Waals surface area (Å²) in [5.74, 6) is 0.176. The molecule has 1 aromatic rings. The van der Waals surface area contributed by atoms with Gasteiger partial charge in [0.25, 0.3) is 0 Å². The van der Waals surface area contributed by atoms with Crippen LogP contribution in [0.4, 0.5) is 4.39 Å². The first-order valence-corrected chi connectivity index (χ1v) is 5.03. The van der Waals surface area contributed by atoms with Crippen LogP contribution in [0, 0.1) is 5.82 Å². The van der Waals surface area contributed by atoms with E-state index in [9.17, 15) is 4.39 Å². The van der Waals surface area contributed by atoms with Crippen molar-refractivity contribution in [3.63, 3.8) is 0 Å². The lowest BCUT2D eigenvalue weighted by Gasteiger charge is -2.16. The highest BCUT2D eigenvalue weighted by molar-refractivity contribution is 7.17. The summed E-state index contributed by atoms with van der Waals surface area (Å²) in [5, 5.41) is 3.32. The summed E-state index contributed by atoms with van der Waals surface area (Å²) in [6, 6.07) is 6.84. The van der Waals surface area contributed by atoms with Gasteiger partial charge in [-0.1, -0.05) is 12.1 Å². The molecular formula is C10H15FNP. The van der Waals surface area contributed by atoms with Crippen molar-refractivity contribution in [2.24, 2.45) is 0 Å². The second-order valence-electron chi connectivity index (χ2n) is 3.23. The Morgan fingerprint density at radius 1 is 1.23 bits per heavy atom. The van der Waals surface area contributed by atoms with Crippen LogP contribution in [0.25, 0.3) is 0 Å². The van der Waals surface area contributed by atoms with E-state index in [0.29, 0.717) is 5.78 Å². The predicted molar refractivity (Wildman–Crippen MR) is 57.1 cm³/mol. The lowest BCUT2D eigenvalue weighted by atomic mass is 10.1. The molecule has 0 amide bonds. The third-order valence-corrected chi connectivity index (χ3v) is 2.08. The van der Waals surface area contributed by atoms with Gasteiger partial charge in [0.15, 0.2) is 0 Å². The van der Waals surface area contributed by atoms with Crippen LogP contribution in [0.1, 0.15) is 25.5 Å². The summed E-state index contributed by atoms with van der Waals surface area (Å²) < 4.78 is 12.6. The average molecular weight is 199 g/mol. The van der Waals surface area contributed by atoms with Crippen LogP contribution in [-0.4, -0.2) is 5.78 Å². The van der Waals surface area contributed by atoms with Gasteiger partial charge in [0.2, 0.25) is 0 Å². The number of halogens is 1. The molecule has 0 aliphatic heterocycles. The number of hydrogen-bond donors (Lipinski definition) is 1. The van der Waals surface area contributed by atoms with Gasteiger partial charge >= 0.3 is 0 Å². The molecule has 72 valence electrons. The van der Waals surface area contributed by atoms with Crippen LogP contribution in [0.5, 0.6) is 0 Å². The molecule has 3 atom stereocenters. The first kappa shape index (κ1) is 10.6. The van der Waals surface area contributed by atoms with Gasteiger partial charge in [0.05, 0.1) is 0 Å². The van der Waals surface area contributed by atoms with E-state index in [1.807, 2.05) is 0 Å². The second kappa shape index (κ2) is 4.69. The monoisotopic (exact) mass is 199 g/mol. The summed E-state index contributed by atoms with van der Waals surface area (Å²) in [5.41, 5.74) is 1.11. The first-order valence-electron chi connectivity index (χ1n) is 4.36. The van der Waals surface area contributed by atoms with E-state index in [4.69, 9.17) is 0 Å². The fraction of sp³-hybridized carbons (Fsp3) is 0.400. The molecule has 0 heterocycles. The molecule has 1 aromatic carbocycles. The molecule has 0 spiro atoms. The van der Waals surface area contributed by atoms with Crippen molar-refractivity contribution in [2.45, 2.75) is 25.7 Å². The van der Waals surface area contributed by atoms with Crippen LogP contribution in [-0.2, 0) is 0 Å². The van der Waals surface area contributed by atoms with E-state index in [0.717, 1.165) is 5.56 Å². The van der Waals surface area contributed by atoms with Gasteiger partial charge in [-0.3, -0.25) is 0 Å². The fourth-order valence-electron chi connectivity index (χ4n) is 1.24. The standard InChI is InChI=1S/C10H15FNP/c1-7(12-8(2)13)9-3-5-10(11)6-4-9/h3-8,12H,13H2,1-2H3/t7?,8-/m1/s1. The topological polar surface area (TPSA) is 12.0 Å². The van der Waals surface area contributed by atoms with Crippen LogP contribution in [0.2, 0.25) is 0 Å². The van der Waals surface area contributed by atoms with Crippen LogP contribution in [0.15, 0.2) is 24.3 Å². The third-order valence-electron chi connectivity index (χ3n) is 1.88. The quantitative estimate of drug-likeness (QED) is 0.738. The van der Waals surface area contributed by atoms with E-state index in [2.05, 4.69) is 28.4 Å². The van der Waals surface area contributed by atoms with Gasteiger partial charge in [-0.25, -0.2) is 4.39 Å². The Hall–Kier alpha value is -0.460. The average Bonchev–Trinajstić information content (AvgIpc) is 2.04. The minimum Gasteiger partial charge on any atom is -0.304 e. The van der Waals surface area contributed by atoms with Gasteiger partial charge in [0.1, 0.15) is 5.82 Å². The number of nitrogens with one attached hydrogen (secondary N) is 1.